The van der Waals surface area contributed by atoms with Crippen LogP contribution in [0.15, 0.2) is 18.7 Å². The van der Waals surface area contributed by atoms with Crippen molar-refractivity contribution in [2.45, 2.75) is 52.2 Å². The second kappa shape index (κ2) is 7.08. The first-order valence-corrected chi connectivity index (χ1v) is 9.01. The van der Waals surface area contributed by atoms with E-state index in [1.165, 1.54) is 12.5 Å². The smallest absolute Gasteiger partial charge is 0.231 e. The summed E-state index contributed by atoms with van der Waals surface area (Å²) >= 11 is 0. The number of hydrogen-bond acceptors (Lipinski definition) is 8. The summed E-state index contributed by atoms with van der Waals surface area (Å²) in [6, 6.07) is 2.17. The second-order valence-corrected chi connectivity index (χ2v) is 7.82. The van der Waals surface area contributed by atoms with Crippen LogP contribution in [0.25, 0.3) is 0 Å². The fourth-order valence-corrected chi connectivity index (χ4v) is 3.18. The standard InChI is InChI=1S/C19H25N7O/c1-11(2)16-13(9-21-10-23-16)26(5)18-22-8-12(7-20)17(25-18)24-14-6-15(27)19(14,3)4/h8-11,14-15,27H,6H2,1-5H3,(H,22,24,25)/t14-,15+/m0/s1. The topological polar surface area (TPSA) is 111 Å². The molecule has 1 aliphatic rings. The van der Waals surface area contributed by atoms with Gasteiger partial charge >= 0.3 is 0 Å². The van der Waals surface area contributed by atoms with Gasteiger partial charge in [-0.15, -0.1) is 0 Å². The number of nitrogens with zero attached hydrogens (tertiary/aromatic N) is 6. The minimum atomic E-state index is -0.361. The molecule has 2 aromatic heterocycles. The van der Waals surface area contributed by atoms with Crippen LogP contribution in [-0.2, 0) is 0 Å². The van der Waals surface area contributed by atoms with Crippen LogP contribution in [0.5, 0.6) is 0 Å². The molecule has 8 nitrogen and oxygen atoms in total. The van der Waals surface area contributed by atoms with E-state index in [1.807, 2.05) is 25.8 Å². The van der Waals surface area contributed by atoms with E-state index in [-0.39, 0.29) is 23.5 Å². The summed E-state index contributed by atoms with van der Waals surface area (Å²) in [6.45, 7) is 8.12. The van der Waals surface area contributed by atoms with Crippen LogP contribution >= 0.6 is 0 Å². The number of aliphatic hydroxyl groups excluding tert-OH is 1. The maximum Gasteiger partial charge on any atom is 0.231 e. The van der Waals surface area contributed by atoms with Crippen molar-refractivity contribution in [1.29, 1.82) is 5.26 Å². The Morgan fingerprint density at radius 2 is 2.07 bits per heavy atom. The highest BCUT2D eigenvalue weighted by Gasteiger charge is 2.47. The van der Waals surface area contributed by atoms with Gasteiger partial charge in [-0.3, -0.25) is 0 Å². The predicted octanol–water partition coefficient (Wildman–Crippen LogP) is 2.60. The largest absolute Gasteiger partial charge is 0.392 e. The molecule has 142 valence electrons. The van der Waals surface area contributed by atoms with Gasteiger partial charge in [-0.1, -0.05) is 27.7 Å². The highest BCUT2D eigenvalue weighted by atomic mass is 16.3. The average molecular weight is 367 g/mol. The molecule has 0 bridgehead atoms. The SMILES string of the molecule is CC(C)c1ncncc1N(C)c1ncc(C#N)c(N[C@H]2C[C@@H](O)C2(C)C)n1. The zero-order valence-electron chi connectivity index (χ0n) is 16.3. The molecule has 27 heavy (non-hydrogen) atoms. The Balaban J connectivity index is 1.93. The van der Waals surface area contributed by atoms with Crippen molar-refractivity contribution in [3.05, 3.63) is 30.0 Å². The lowest BCUT2D eigenvalue weighted by Gasteiger charge is -2.49. The third-order valence-electron chi connectivity index (χ3n) is 5.35. The number of aromatic nitrogens is 4. The van der Waals surface area contributed by atoms with E-state index in [4.69, 9.17) is 0 Å². The highest BCUT2D eigenvalue weighted by molar-refractivity contribution is 5.62. The lowest BCUT2D eigenvalue weighted by Crippen LogP contribution is -2.57. The number of aliphatic hydroxyl groups is 1. The number of anilines is 3. The normalized spacial score (nSPS) is 20.7. The minimum absolute atomic E-state index is 0.0407. The van der Waals surface area contributed by atoms with Crippen molar-refractivity contribution in [3.63, 3.8) is 0 Å². The van der Waals surface area contributed by atoms with E-state index in [1.54, 1.807) is 6.20 Å². The molecule has 0 aliphatic heterocycles. The molecule has 0 amide bonds. The molecule has 0 radical (unpaired) electrons. The maximum atomic E-state index is 9.96. The van der Waals surface area contributed by atoms with Crippen molar-refractivity contribution in [2.24, 2.45) is 5.41 Å². The van der Waals surface area contributed by atoms with Crippen LogP contribution in [-0.4, -0.2) is 44.2 Å². The summed E-state index contributed by atoms with van der Waals surface area (Å²) in [4.78, 5) is 19.2. The van der Waals surface area contributed by atoms with E-state index in [0.717, 1.165) is 11.4 Å². The molecular formula is C19H25N7O. The summed E-state index contributed by atoms with van der Waals surface area (Å²) in [5, 5.41) is 22.7. The van der Waals surface area contributed by atoms with Crippen molar-refractivity contribution in [1.82, 2.24) is 19.9 Å². The Bertz CT molecular complexity index is 875. The summed E-state index contributed by atoms with van der Waals surface area (Å²) in [5.74, 6) is 1.15. The Kier molecular flexibility index (Phi) is 4.98. The molecule has 8 heteroatoms. The molecule has 2 N–H and O–H groups in total. The fraction of sp³-hybridized carbons (Fsp3) is 0.526. The molecule has 2 aromatic rings. The summed E-state index contributed by atoms with van der Waals surface area (Å²) in [5.41, 5.74) is 1.82. The monoisotopic (exact) mass is 367 g/mol. The van der Waals surface area contributed by atoms with Gasteiger partial charge in [-0.05, 0) is 12.3 Å². The average Bonchev–Trinajstić information content (AvgIpc) is 2.67. The fourth-order valence-electron chi connectivity index (χ4n) is 3.18. The second-order valence-electron chi connectivity index (χ2n) is 7.82. The number of rotatable bonds is 5. The van der Waals surface area contributed by atoms with Gasteiger partial charge in [0.25, 0.3) is 0 Å². The molecule has 2 atom stereocenters. The lowest BCUT2D eigenvalue weighted by atomic mass is 9.64. The predicted molar refractivity (Wildman–Crippen MR) is 103 cm³/mol. The van der Waals surface area contributed by atoms with Crippen molar-refractivity contribution in [2.75, 3.05) is 17.3 Å². The molecular weight excluding hydrogens is 342 g/mol. The Labute approximate surface area is 159 Å². The first-order valence-electron chi connectivity index (χ1n) is 9.01. The number of hydrogen-bond donors (Lipinski definition) is 2. The Hall–Kier alpha value is -2.79. The highest BCUT2D eigenvalue weighted by Crippen LogP contribution is 2.42. The molecule has 1 aliphatic carbocycles. The molecule has 0 aromatic carbocycles. The van der Waals surface area contributed by atoms with Crippen LogP contribution in [0, 0.1) is 16.7 Å². The number of nitrogens with one attached hydrogen (secondary N) is 1. The van der Waals surface area contributed by atoms with Gasteiger partial charge in [-0.2, -0.15) is 10.2 Å². The first kappa shape index (κ1) is 19.0. The third-order valence-corrected chi connectivity index (χ3v) is 5.35. The van der Waals surface area contributed by atoms with Gasteiger partial charge in [0.05, 0.1) is 29.9 Å². The van der Waals surface area contributed by atoms with Gasteiger partial charge in [0.1, 0.15) is 23.8 Å². The first-order chi connectivity index (χ1) is 12.8. The molecule has 0 saturated heterocycles. The quantitative estimate of drug-likeness (QED) is 0.829. The van der Waals surface area contributed by atoms with E-state index >= 15 is 0 Å². The van der Waals surface area contributed by atoms with Crippen LogP contribution in [0.2, 0.25) is 0 Å². The molecule has 0 unspecified atom stereocenters. The third kappa shape index (κ3) is 3.43. The van der Waals surface area contributed by atoms with Crippen molar-refractivity contribution in [3.8, 4) is 6.07 Å². The van der Waals surface area contributed by atoms with Gasteiger partial charge in [-0.25, -0.2) is 15.0 Å². The van der Waals surface area contributed by atoms with E-state index in [0.29, 0.717) is 23.8 Å². The summed E-state index contributed by atoms with van der Waals surface area (Å²) < 4.78 is 0. The van der Waals surface area contributed by atoms with E-state index in [2.05, 4.69) is 45.2 Å². The van der Waals surface area contributed by atoms with Gasteiger partial charge in [0.2, 0.25) is 5.95 Å². The molecule has 1 saturated carbocycles. The Morgan fingerprint density at radius 1 is 1.33 bits per heavy atom. The summed E-state index contributed by atoms with van der Waals surface area (Å²) in [7, 11) is 1.85. The van der Waals surface area contributed by atoms with Crippen molar-refractivity contribution >= 4 is 17.5 Å². The molecule has 1 fully saturated rings. The van der Waals surface area contributed by atoms with Crippen molar-refractivity contribution < 1.29 is 5.11 Å². The number of nitriles is 1. The van der Waals surface area contributed by atoms with E-state index in [9.17, 15) is 10.4 Å². The molecule has 3 rings (SSSR count). The van der Waals surface area contributed by atoms with E-state index < -0.39 is 0 Å². The zero-order chi connectivity index (χ0) is 19.8. The summed E-state index contributed by atoms with van der Waals surface area (Å²) in [6.07, 6.45) is 5.05. The molecule has 0 spiro atoms. The minimum Gasteiger partial charge on any atom is -0.392 e. The lowest BCUT2D eigenvalue weighted by molar-refractivity contribution is -0.0511. The van der Waals surface area contributed by atoms with Gasteiger partial charge in [0.15, 0.2) is 0 Å². The van der Waals surface area contributed by atoms with Crippen LogP contribution in [0.3, 0.4) is 0 Å². The van der Waals surface area contributed by atoms with Crippen LogP contribution in [0.1, 0.15) is 51.3 Å². The van der Waals surface area contributed by atoms with Gasteiger partial charge in [0, 0.05) is 18.5 Å². The zero-order valence-corrected chi connectivity index (χ0v) is 16.3. The van der Waals surface area contributed by atoms with Crippen LogP contribution in [0.4, 0.5) is 17.5 Å². The van der Waals surface area contributed by atoms with Crippen LogP contribution < -0.4 is 10.2 Å². The van der Waals surface area contributed by atoms with Gasteiger partial charge < -0.3 is 15.3 Å². The molecule has 2 heterocycles. The Morgan fingerprint density at radius 3 is 2.67 bits per heavy atom. The maximum absolute atomic E-state index is 9.96.